The third-order valence-corrected chi connectivity index (χ3v) is 4.45. The minimum atomic E-state index is -3.72. The summed E-state index contributed by atoms with van der Waals surface area (Å²) in [5.41, 5.74) is 0.0151. The van der Waals surface area contributed by atoms with Crippen molar-refractivity contribution in [3.63, 3.8) is 0 Å². The van der Waals surface area contributed by atoms with Gasteiger partial charge in [0.15, 0.2) is 0 Å². The van der Waals surface area contributed by atoms with Crippen LogP contribution in [0.15, 0.2) is 23.1 Å². The highest BCUT2D eigenvalue weighted by molar-refractivity contribution is 7.89. The van der Waals surface area contributed by atoms with Gasteiger partial charge in [-0.1, -0.05) is 13.8 Å². The van der Waals surface area contributed by atoms with E-state index in [1.165, 1.54) is 12.1 Å². The van der Waals surface area contributed by atoms with E-state index in [1.54, 1.807) is 7.05 Å². The molecule has 0 aliphatic rings. The van der Waals surface area contributed by atoms with Gasteiger partial charge in [0, 0.05) is 19.7 Å². The van der Waals surface area contributed by atoms with Crippen LogP contribution in [-0.2, 0) is 10.0 Å². The highest BCUT2D eigenvalue weighted by Gasteiger charge is 2.20. The minimum Gasteiger partial charge on any atom is -0.383 e. The minimum absolute atomic E-state index is 0.0993. The molecule has 0 aromatic heterocycles. The topological polar surface area (TPSA) is 101 Å². The van der Waals surface area contributed by atoms with Crippen LogP contribution >= 0.6 is 0 Å². The summed E-state index contributed by atoms with van der Waals surface area (Å²) in [6, 6.07) is 3.81. The zero-order valence-electron chi connectivity index (χ0n) is 12.4. The van der Waals surface area contributed by atoms with Gasteiger partial charge in [0.05, 0.1) is 9.82 Å². The van der Waals surface area contributed by atoms with Gasteiger partial charge >= 0.3 is 0 Å². The van der Waals surface area contributed by atoms with Gasteiger partial charge in [-0.3, -0.25) is 10.1 Å². The van der Waals surface area contributed by atoms with E-state index in [4.69, 9.17) is 0 Å². The molecule has 1 aromatic rings. The van der Waals surface area contributed by atoms with Crippen LogP contribution in [0.1, 0.15) is 26.7 Å². The molecule has 0 aliphatic heterocycles. The van der Waals surface area contributed by atoms with Gasteiger partial charge in [-0.25, -0.2) is 13.1 Å². The van der Waals surface area contributed by atoms with Crippen molar-refractivity contribution in [2.75, 3.05) is 18.9 Å². The lowest BCUT2D eigenvalue weighted by molar-refractivity contribution is -0.384. The zero-order chi connectivity index (χ0) is 16.0. The molecule has 21 heavy (non-hydrogen) atoms. The molecule has 0 unspecified atom stereocenters. The van der Waals surface area contributed by atoms with Gasteiger partial charge < -0.3 is 5.32 Å². The van der Waals surface area contributed by atoms with Gasteiger partial charge in [0.1, 0.15) is 5.69 Å². The molecule has 0 radical (unpaired) electrons. The molecule has 0 bridgehead atoms. The molecule has 0 saturated carbocycles. The highest BCUT2D eigenvalue weighted by Crippen LogP contribution is 2.26. The molecule has 118 valence electrons. The monoisotopic (exact) mass is 315 g/mol. The fourth-order valence-corrected chi connectivity index (χ4v) is 2.93. The SMILES string of the molecule is CNc1ccc(S(=O)(=O)NCCCC(C)C)cc1[N+](=O)[O-]. The number of nitro benzene ring substituents is 1. The van der Waals surface area contributed by atoms with Crippen molar-refractivity contribution >= 4 is 21.4 Å². The summed E-state index contributed by atoms with van der Waals surface area (Å²) in [6.07, 6.45) is 1.65. The smallest absolute Gasteiger partial charge is 0.293 e. The first-order valence-electron chi connectivity index (χ1n) is 6.73. The highest BCUT2D eigenvalue weighted by atomic mass is 32.2. The Morgan fingerprint density at radius 3 is 2.52 bits per heavy atom. The molecule has 0 fully saturated rings. The summed E-state index contributed by atoms with van der Waals surface area (Å²) in [7, 11) is -2.18. The third-order valence-electron chi connectivity index (χ3n) is 3.00. The molecule has 0 saturated heterocycles. The Bertz CT molecular complexity index is 599. The van der Waals surface area contributed by atoms with Crippen LogP contribution in [0.4, 0.5) is 11.4 Å². The van der Waals surface area contributed by atoms with Gasteiger partial charge in [0.2, 0.25) is 10.0 Å². The standard InChI is InChI=1S/C13H21N3O4S/c1-10(2)5-4-8-15-21(19,20)11-6-7-12(14-3)13(9-11)16(17)18/h6-7,9-10,14-15H,4-5,8H2,1-3H3. The maximum Gasteiger partial charge on any atom is 0.293 e. The average molecular weight is 315 g/mol. The van der Waals surface area contributed by atoms with Crippen LogP contribution in [0.2, 0.25) is 0 Å². The van der Waals surface area contributed by atoms with Crippen molar-refractivity contribution in [2.24, 2.45) is 5.92 Å². The number of benzene rings is 1. The summed E-state index contributed by atoms with van der Waals surface area (Å²) in [5.74, 6) is 0.505. The summed E-state index contributed by atoms with van der Waals surface area (Å²) in [6.45, 7) is 4.45. The lowest BCUT2D eigenvalue weighted by atomic mass is 10.1. The molecule has 0 aliphatic carbocycles. The second-order valence-corrected chi connectivity index (χ2v) is 6.89. The largest absolute Gasteiger partial charge is 0.383 e. The van der Waals surface area contributed by atoms with E-state index in [9.17, 15) is 18.5 Å². The maximum atomic E-state index is 12.1. The Kier molecular flexibility index (Phi) is 6.10. The quantitative estimate of drug-likeness (QED) is 0.435. The first-order chi connectivity index (χ1) is 9.77. The fourth-order valence-electron chi connectivity index (χ4n) is 1.84. The zero-order valence-corrected chi connectivity index (χ0v) is 13.2. The van der Waals surface area contributed by atoms with Crippen molar-refractivity contribution in [3.05, 3.63) is 28.3 Å². The number of sulfonamides is 1. The molecule has 0 atom stereocenters. The van der Waals surface area contributed by atoms with E-state index in [1.807, 2.05) is 0 Å². The molecule has 1 aromatic carbocycles. The Labute approximate surface area is 124 Å². The van der Waals surface area contributed by atoms with E-state index in [2.05, 4.69) is 23.9 Å². The molecule has 7 nitrogen and oxygen atoms in total. The van der Waals surface area contributed by atoms with Crippen molar-refractivity contribution in [2.45, 2.75) is 31.6 Å². The summed E-state index contributed by atoms with van der Waals surface area (Å²) in [4.78, 5) is 10.2. The molecule has 8 heteroatoms. The first kappa shape index (κ1) is 17.4. The molecular weight excluding hydrogens is 294 g/mol. The molecule has 0 heterocycles. The van der Waals surface area contributed by atoms with Crippen molar-refractivity contribution in [3.8, 4) is 0 Å². The van der Waals surface area contributed by atoms with E-state index in [0.29, 0.717) is 12.5 Å². The number of hydrogen-bond acceptors (Lipinski definition) is 5. The van der Waals surface area contributed by atoms with Crippen LogP contribution < -0.4 is 10.0 Å². The van der Waals surface area contributed by atoms with E-state index in [-0.39, 0.29) is 16.3 Å². The summed E-state index contributed by atoms with van der Waals surface area (Å²) < 4.78 is 26.7. The number of anilines is 1. The number of nitrogens with zero attached hydrogens (tertiary/aromatic N) is 1. The van der Waals surface area contributed by atoms with Gasteiger partial charge in [-0.2, -0.15) is 0 Å². The second kappa shape index (κ2) is 7.37. The fraction of sp³-hybridized carbons (Fsp3) is 0.538. The molecule has 1 rings (SSSR count). The Morgan fingerprint density at radius 1 is 1.33 bits per heavy atom. The number of rotatable bonds is 8. The third kappa shape index (κ3) is 4.98. The molecule has 2 N–H and O–H groups in total. The molecule has 0 amide bonds. The summed E-state index contributed by atoms with van der Waals surface area (Å²) in [5, 5.41) is 13.6. The van der Waals surface area contributed by atoms with Gasteiger partial charge in [0.25, 0.3) is 5.69 Å². The lowest BCUT2D eigenvalue weighted by Gasteiger charge is -2.09. The molecular formula is C13H21N3O4S. The predicted octanol–water partition coefficient (Wildman–Crippen LogP) is 2.35. The average Bonchev–Trinajstić information content (AvgIpc) is 2.42. The van der Waals surface area contributed by atoms with Crippen molar-refractivity contribution in [1.82, 2.24) is 4.72 Å². The number of hydrogen-bond donors (Lipinski definition) is 2. The maximum absolute atomic E-state index is 12.1. The van der Waals surface area contributed by atoms with Crippen molar-refractivity contribution < 1.29 is 13.3 Å². The van der Waals surface area contributed by atoms with Crippen LogP contribution in [0, 0.1) is 16.0 Å². The van der Waals surface area contributed by atoms with E-state index >= 15 is 0 Å². The van der Waals surface area contributed by atoms with Crippen LogP contribution in [0.3, 0.4) is 0 Å². The number of nitro groups is 1. The van der Waals surface area contributed by atoms with Gasteiger partial charge in [-0.15, -0.1) is 0 Å². The van der Waals surface area contributed by atoms with E-state index < -0.39 is 14.9 Å². The first-order valence-corrected chi connectivity index (χ1v) is 8.22. The number of nitrogens with one attached hydrogen (secondary N) is 2. The Balaban J connectivity index is 2.88. The van der Waals surface area contributed by atoms with Crippen LogP contribution in [0.25, 0.3) is 0 Å². The Hall–Kier alpha value is -1.67. The normalized spacial score (nSPS) is 11.6. The second-order valence-electron chi connectivity index (χ2n) is 5.12. The van der Waals surface area contributed by atoms with Crippen LogP contribution in [0.5, 0.6) is 0 Å². The van der Waals surface area contributed by atoms with Crippen LogP contribution in [-0.4, -0.2) is 26.9 Å². The molecule has 0 spiro atoms. The van der Waals surface area contributed by atoms with E-state index in [0.717, 1.165) is 18.9 Å². The van der Waals surface area contributed by atoms with Crippen molar-refractivity contribution in [1.29, 1.82) is 0 Å². The van der Waals surface area contributed by atoms with Gasteiger partial charge in [-0.05, 0) is 30.9 Å². The summed E-state index contributed by atoms with van der Waals surface area (Å²) >= 11 is 0. The lowest BCUT2D eigenvalue weighted by Crippen LogP contribution is -2.25. The Morgan fingerprint density at radius 2 is 2.00 bits per heavy atom. The predicted molar refractivity (Wildman–Crippen MR) is 81.9 cm³/mol.